The minimum Gasteiger partial charge on any atom is -0.334 e. The minimum atomic E-state index is -3.64. The van der Waals surface area contributed by atoms with E-state index in [0.717, 1.165) is 5.56 Å². The highest BCUT2D eigenvalue weighted by molar-refractivity contribution is 7.92. The maximum absolute atomic E-state index is 13.1. The standard InChI is InChI=1S/C24H23ClN4O4S/c1-18-17-22(30)23(26-29(18)21-10-6-5-9-20(21)25)24(31)27-12-14-28(15-13-27)34(32,33)16-11-19-7-3-2-4-8-19/h2-11,16-17H,12-15H2,1H3. The first-order valence-corrected chi connectivity index (χ1v) is 12.5. The average Bonchev–Trinajstić information content (AvgIpc) is 2.84. The molecule has 0 N–H and O–H groups in total. The number of hydrogen-bond donors (Lipinski definition) is 0. The van der Waals surface area contributed by atoms with E-state index in [9.17, 15) is 18.0 Å². The second-order valence-electron chi connectivity index (χ2n) is 7.81. The van der Waals surface area contributed by atoms with Crippen molar-refractivity contribution in [3.05, 3.63) is 98.3 Å². The van der Waals surface area contributed by atoms with Gasteiger partial charge in [-0.1, -0.05) is 54.1 Å². The van der Waals surface area contributed by atoms with Crippen molar-refractivity contribution in [2.75, 3.05) is 26.2 Å². The quantitative estimate of drug-likeness (QED) is 0.539. The number of carbonyl (C=O) groups excluding carboxylic acids is 1. The van der Waals surface area contributed by atoms with Crippen LogP contribution in [-0.2, 0) is 10.0 Å². The molecule has 1 aromatic heterocycles. The van der Waals surface area contributed by atoms with Gasteiger partial charge in [-0.3, -0.25) is 9.59 Å². The number of amides is 1. The molecule has 0 spiro atoms. The largest absolute Gasteiger partial charge is 0.334 e. The molecule has 3 aromatic rings. The number of aryl methyl sites for hydroxylation is 1. The molecule has 2 heterocycles. The molecule has 1 aliphatic heterocycles. The molecule has 34 heavy (non-hydrogen) atoms. The zero-order chi connectivity index (χ0) is 24.3. The summed E-state index contributed by atoms with van der Waals surface area (Å²) in [6.45, 7) is 2.25. The first kappa shape index (κ1) is 23.9. The number of carbonyl (C=O) groups is 1. The third kappa shape index (κ3) is 5.11. The fourth-order valence-corrected chi connectivity index (χ4v) is 5.06. The molecule has 1 saturated heterocycles. The van der Waals surface area contributed by atoms with E-state index in [2.05, 4.69) is 5.10 Å². The second-order valence-corrected chi connectivity index (χ2v) is 10.0. The van der Waals surface area contributed by atoms with Gasteiger partial charge < -0.3 is 4.90 Å². The predicted octanol–water partition coefficient (Wildman–Crippen LogP) is 2.95. The summed E-state index contributed by atoms with van der Waals surface area (Å²) in [6.07, 6.45) is 1.54. The number of sulfonamides is 1. The molecule has 1 aliphatic rings. The molecule has 2 aromatic carbocycles. The number of halogens is 1. The Labute approximate surface area is 202 Å². The average molecular weight is 499 g/mol. The summed E-state index contributed by atoms with van der Waals surface area (Å²) in [7, 11) is -3.64. The Kier molecular flexibility index (Phi) is 6.97. The summed E-state index contributed by atoms with van der Waals surface area (Å²) in [4.78, 5) is 27.1. The van der Waals surface area contributed by atoms with Crippen LogP contribution in [0.2, 0.25) is 5.02 Å². The third-order valence-corrected chi connectivity index (χ3v) is 7.39. The van der Waals surface area contributed by atoms with Gasteiger partial charge in [-0.25, -0.2) is 13.1 Å². The summed E-state index contributed by atoms with van der Waals surface area (Å²) in [6, 6.07) is 17.5. The van der Waals surface area contributed by atoms with Crippen LogP contribution >= 0.6 is 11.6 Å². The molecule has 0 saturated carbocycles. The van der Waals surface area contributed by atoms with Crippen molar-refractivity contribution in [1.82, 2.24) is 19.0 Å². The molecule has 0 unspecified atom stereocenters. The zero-order valence-electron chi connectivity index (χ0n) is 18.5. The van der Waals surface area contributed by atoms with Crippen LogP contribution in [0.1, 0.15) is 21.7 Å². The minimum absolute atomic E-state index is 0.123. The number of para-hydroxylation sites is 1. The monoisotopic (exact) mass is 498 g/mol. The van der Waals surface area contributed by atoms with E-state index >= 15 is 0 Å². The summed E-state index contributed by atoms with van der Waals surface area (Å²) >= 11 is 6.27. The summed E-state index contributed by atoms with van der Waals surface area (Å²) in [5, 5.41) is 5.90. The topological polar surface area (TPSA) is 92.6 Å². The van der Waals surface area contributed by atoms with Gasteiger partial charge in [-0.15, -0.1) is 0 Å². The van der Waals surface area contributed by atoms with Gasteiger partial charge in [-0.2, -0.15) is 9.40 Å². The molecule has 4 rings (SSSR count). The van der Waals surface area contributed by atoms with E-state index in [0.29, 0.717) is 16.4 Å². The second kappa shape index (κ2) is 9.92. The molecule has 0 bridgehead atoms. The van der Waals surface area contributed by atoms with Crippen LogP contribution in [0.4, 0.5) is 0 Å². The molecule has 1 amide bonds. The number of benzene rings is 2. The number of piperazine rings is 1. The van der Waals surface area contributed by atoms with Crippen molar-refractivity contribution in [3.63, 3.8) is 0 Å². The highest BCUT2D eigenvalue weighted by atomic mass is 35.5. The van der Waals surface area contributed by atoms with Gasteiger partial charge in [0.25, 0.3) is 5.91 Å². The lowest BCUT2D eigenvalue weighted by Gasteiger charge is -2.33. The number of nitrogens with zero attached hydrogens (tertiary/aromatic N) is 4. The van der Waals surface area contributed by atoms with Gasteiger partial charge in [0, 0.05) is 43.3 Å². The van der Waals surface area contributed by atoms with Crippen molar-refractivity contribution in [2.45, 2.75) is 6.92 Å². The number of rotatable bonds is 5. The van der Waals surface area contributed by atoms with Crippen molar-refractivity contribution in [2.24, 2.45) is 0 Å². The van der Waals surface area contributed by atoms with Gasteiger partial charge in [0.15, 0.2) is 5.69 Å². The van der Waals surface area contributed by atoms with Crippen molar-refractivity contribution in [1.29, 1.82) is 0 Å². The zero-order valence-corrected chi connectivity index (χ0v) is 20.0. The molecule has 176 valence electrons. The summed E-state index contributed by atoms with van der Waals surface area (Å²) < 4.78 is 28.2. The van der Waals surface area contributed by atoms with Crippen LogP contribution in [0.3, 0.4) is 0 Å². The van der Waals surface area contributed by atoms with Crippen LogP contribution in [0.25, 0.3) is 11.8 Å². The van der Waals surface area contributed by atoms with Gasteiger partial charge in [-0.05, 0) is 30.7 Å². The fourth-order valence-electron chi connectivity index (χ4n) is 3.67. The van der Waals surface area contributed by atoms with Crippen molar-refractivity contribution >= 4 is 33.6 Å². The SMILES string of the molecule is Cc1cc(=O)c(C(=O)N2CCN(S(=O)(=O)C=Cc3ccccc3)CC2)nn1-c1ccccc1Cl. The Morgan fingerprint density at radius 1 is 1.00 bits per heavy atom. The smallest absolute Gasteiger partial charge is 0.278 e. The first-order chi connectivity index (χ1) is 16.3. The molecule has 0 radical (unpaired) electrons. The summed E-state index contributed by atoms with van der Waals surface area (Å²) in [5.41, 5.74) is 1.14. The van der Waals surface area contributed by atoms with E-state index < -0.39 is 21.4 Å². The lowest BCUT2D eigenvalue weighted by Crippen LogP contribution is -2.51. The highest BCUT2D eigenvalue weighted by Crippen LogP contribution is 2.20. The van der Waals surface area contributed by atoms with Gasteiger partial charge in [0.05, 0.1) is 10.7 Å². The Bertz CT molecular complexity index is 1400. The van der Waals surface area contributed by atoms with E-state index in [1.54, 1.807) is 37.3 Å². The molecule has 10 heteroatoms. The lowest BCUT2D eigenvalue weighted by molar-refractivity contribution is 0.0689. The van der Waals surface area contributed by atoms with Gasteiger partial charge in [0.2, 0.25) is 15.5 Å². The predicted molar refractivity (Wildman–Crippen MR) is 131 cm³/mol. The van der Waals surface area contributed by atoms with Gasteiger partial charge in [0.1, 0.15) is 0 Å². The number of aromatic nitrogens is 2. The molecular weight excluding hydrogens is 476 g/mol. The normalized spacial score (nSPS) is 15.1. The highest BCUT2D eigenvalue weighted by Gasteiger charge is 2.29. The van der Waals surface area contributed by atoms with Crippen LogP contribution in [0.15, 0.2) is 70.9 Å². The summed E-state index contributed by atoms with van der Waals surface area (Å²) in [5.74, 6) is -0.539. The lowest BCUT2D eigenvalue weighted by atomic mass is 10.2. The number of hydrogen-bond acceptors (Lipinski definition) is 5. The Hall–Kier alpha value is -3.27. The van der Waals surface area contributed by atoms with E-state index in [1.807, 2.05) is 30.3 Å². The van der Waals surface area contributed by atoms with E-state index in [4.69, 9.17) is 11.6 Å². The van der Waals surface area contributed by atoms with Gasteiger partial charge >= 0.3 is 0 Å². The maximum Gasteiger partial charge on any atom is 0.278 e. The molecular formula is C24H23ClN4O4S. The van der Waals surface area contributed by atoms with Crippen molar-refractivity contribution < 1.29 is 13.2 Å². The third-order valence-electron chi connectivity index (χ3n) is 5.51. The van der Waals surface area contributed by atoms with E-state index in [-0.39, 0.29) is 31.9 Å². The van der Waals surface area contributed by atoms with Crippen LogP contribution in [0, 0.1) is 6.92 Å². The molecule has 0 atom stereocenters. The molecule has 0 aliphatic carbocycles. The van der Waals surface area contributed by atoms with Crippen LogP contribution in [0.5, 0.6) is 0 Å². The maximum atomic E-state index is 13.1. The van der Waals surface area contributed by atoms with Crippen LogP contribution < -0.4 is 5.43 Å². The fraction of sp³-hybridized carbons (Fsp3) is 0.208. The van der Waals surface area contributed by atoms with Crippen LogP contribution in [-0.4, -0.2) is 59.5 Å². The molecule has 1 fully saturated rings. The Balaban J connectivity index is 1.50. The van der Waals surface area contributed by atoms with Crippen molar-refractivity contribution in [3.8, 4) is 5.69 Å². The Morgan fingerprint density at radius 2 is 1.65 bits per heavy atom. The first-order valence-electron chi connectivity index (χ1n) is 10.6. The van der Waals surface area contributed by atoms with E-state index in [1.165, 1.54) is 25.4 Å². The molecule has 8 nitrogen and oxygen atoms in total. The Morgan fingerprint density at radius 3 is 2.32 bits per heavy atom.